The highest BCUT2D eigenvalue weighted by Gasteiger charge is 2.55. The molecule has 3 rings (SSSR count). The molecular weight excluding hydrogens is 308 g/mol. The maximum atomic E-state index is 12.9. The average molecular weight is 330 g/mol. The first-order valence-electron chi connectivity index (χ1n) is 8.30. The maximum Gasteiger partial charge on any atom is 0.325 e. The lowest BCUT2D eigenvalue weighted by Crippen LogP contribution is -2.54. The lowest BCUT2D eigenvalue weighted by atomic mass is 9.73. The molecule has 1 N–H and O–H groups in total. The normalized spacial score (nSPS) is 26.6. The topological polar surface area (TPSA) is 75.7 Å². The van der Waals surface area contributed by atoms with Crippen molar-refractivity contribution in [3.8, 4) is 5.75 Å². The van der Waals surface area contributed by atoms with Gasteiger partial charge in [0.15, 0.2) is 5.78 Å². The first-order valence-corrected chi connectivity index (χ1v) is 8.30. The molecule has 1 aromatic rings. The van der Waals surface area contributed by atoms with Gasteiger partial charge in [-0.1, -0.05) is 31.9 Å². The third kappa shape index (κ3) is 2.56. The van der Waals surface area contributed by atoms with Gasteiger partial charge in [-0.3, -0.25) is 14.5 Å². The predicted molar refractivity (Wildman–Crippen MR) is 87.9 cm³/mol. The number of ether oxygens (including phenoxy) is 1. The molecule has 3 amide bonds. The van der Waals surface area contributed by atoms with E-state index in [4.69, 9.17) is 4.74 Å². The lowest BCUT2D eigenvalue weighted by Gasteiger charge is -2.36. The zero-order chi connectivity index (χ0) is 17.3. The number of urea groups is 1. The van der Waals surface area contributed by atoms with Crippen LogP contribution in [0.25, 0.3) is 0 Å². The van der Waals surface area contributed by atoms with E-state index in [1.165, 1.54) is 7.11 Å². The number of nitrogens with one attached hydrogen (secondary N) is 1. The number of hydrogen-bond acceptors (Lipinski definition) is 4. The van der Waals surface area contributed by atoms with E-state index < -0.39 is 11.6 Å². The molecule has 0 aromatic heterocycles. The molecule has 6 heteroatoms. The second-order valence-electron chi connectivity index (χ2n) is 6.56. The van der Waals surface area contributed by atoms with E-state index in [0.717, 1.165) is 24.2 Å². The Balaban J connectivity index is 1.81. The van der Waals surface area contributed by atoms with Gasteiger partial charge in [0.05, 0.1) is 19.2 Å². The summed E-state index contributed by atoms with van der Waals surface area (Å²) in [5, 5.41) is 2.86. The second kappa shape index (κ2) is 6.26. The van der Waals surface area contributed by atoms with Gasteiger partial charge < -0.3 is 10.1 Å². The molecule has 1 aliphatic heterocycles. The molecule has 2 aliphatic rings. The van der Waals surface area contributed by atoms with Gasteiger partial charge in [-0.15, -0.1) is 0 Å². The van der Waals surface area contributed by atoms with E-state index in [2.05, 4.69) is 5.32 Å². The van der Waals surface area contributed by atoms with Gasteiger partial charge in [-0.05, 0) is 30.9 Å². The van der Waals surface area contributed by atoms with Crippen LogP contribution in [0.5, 0.6) is 5.75 Å². The lowest BCUT2D eigenvalue weighted by molar-refractivity contribution is -0.133. The third-order valence-corrected chi connectivity index (χ3v) is 5.21. The standard InChI is InChI=1S/C18H22N2O4/c1-12-7-5-6-10-18(12)16(22)20(17(23)19-18)11-14(21)13-8-3-4-9-15(13)24-2/h3-4,8-9,12H,5-7,10-11H2,1-2H3,(H,19,23)/t12-,18-/m0/s1. The Bertz CT molecular complexity index is 687. The van der Waals surface area contributed by atoms with Crippen LogP contribution >= 0.6 is 0 Å². The van der Waals surface area contributed by atoms with Crippen LogP contribution in [0.4, 0.5) is 4.79 Å². The van der Waals surface area contributed by atoms with Crippen molar-refractivity contribution in [2.45, 2.75) is 38.1 Å². The van der Waals surface area contributed by atoms with Crippen LogP contribution in [0.2, 0.25) is 0 Å². The summed E-state index contributed by atoms with van der Waals surface area (Å²) in [4.78, 5) is 38.8. The van der Waals surface area contributed by atoms with Gasteiger partial charge in [-0.25, -0.2) is 4.79 Å². The highest BCUT2D eigenvalue weighted by molar-refractivity contribution is 6.11. The molecule has 0 unspecified atom stereocenters. The minimum atomic E-state index is -0.837. The number of para-hydroxylation sites is 1. The number of nitrogens with zero attached hydrogens (tertiary/aromatic N) is 1. The fourth-order valence-electron chi connectivity index (χ4n) is 3.74. The number of ketones is 1. The van der Waals surface area contributed by atoms with Crippen LogP contribution in [-0.2, 0) is 4.79 Å². The first kappa shape index (κ1) is 16.5. The molecule has 2 atom stereocenters. The minimum Gasteiger partial charge on any atom is -0.496 e. The summed E-state index contributed by atoms with van der Waals surface area (Å²) in [7, 11) is 1.48. The van der Waals surface area contributed by atoms with E-state index in [1.54, 1.807) is 24.3 Å². The van der Waals surface area contributed by atoms with E-state index in [1.807, 2.05) is 6.92 Å². The molecule has 1 saturated heterocycles. The van der Waals surface area contributed by atoms with Crippen molar-refractivity contribution in [2.24, 2.45) is 5.92 Å². The zero-order valence-electron chi connectivity index (χ0n) is 14.0. The van der Waals surface area contributed by atoms with Gasteiger partial charge in [0.25, 0.3) is 5.91 Å². The van der Waals surface area contributed by atoms with Crippen molar-refractivity contribution in [1.29, 1.82) is 0 Å². The van der Waals surface area contributed by atoms with Gasteiger partial charge in [0.1, 0.15) is 11.3 Å². The molecule has 1 aliphatic carbocycles. The molecule has 24 heavy (non-hydrogen) atoms. The summed E-state index contributed by atoms with van der Waals surface area (Å²) in [6.07, 6.45) is 3.51. The Morgan fingerprint density at radius 1 is 1.33 bits per heavy atom. The quantitative estimate of drug-likeness (QED) is 0.679. The van der Waals surface area contributed by atoms with E-state index >= 15 is 0 Å². The number of amides is 3. The monoisotopic (exact) mass is 330 g/mol. The molecule has 0 bridgehead atoms. The molecule has 6 nitrogen and oxygen atoms in total. The number of hydrogen-bond donors (Lipinski definition) is 1. The Hall–Kier alpha value is -2.37. The Morgan fingerprint density at radius 2 is 2.08 bits per heavy atom. The molecular formula is C18H22N2O4. The molecule has 1 heterocycles. The zero-order valence-corrected chi connectivity index (χ0v) is 14.0. The molecule has 2 fully saturated rings. The van der Waals surface area contributed by atoms with Crippen molar-refractivity contribution in [2.75, 3.05) is 13.7 Å². The molecule has 1 saturated carbocycles. The van der Waals surface area contributed by atoms with Crippen molar-refractivity contribution >= 4 is 17.7 Å². The second-order valence-corrected chi connectivity index (χ2v) is 6.56. The van der Waals surface area contributed by atoms with E-state index in [-0.39, 0.29) is 24.2 Å². The smallest absolute Gasteiger partial charge is 0.325 e. The molecule has 1 aromatic carbocycles. The van der Waals surface area contributed by atoms with Crippen LogP contribution in [0.15, 0.2) is 24.3 Å². The van der Waals surface area contributed by atoms with Crippen LogP contribution in [0, 0.1) is 5.92 Å². The minimum absolute atomic E-state index is 0.0778. The number of benzene rings is 1. The summed E-state index contributed by atoms with van der Waals surface area (Å²) in [5.74, 6) is -0.0659. The number of methoxy groups -OCH3 is 1. The van der Waals surface area contributed by atoms with Gasteiger partial charge >= 0.3 is 6.03 Å². The number of carbonyl (C=O) groups is 3. The molecule has 128 valence electrons. The largest absolute Gasteiger partial charge is 0.496 e. The van der Waals surface area contributed by atoms with Gasteiger partial charge in [0.2, 0.25) is 0 Å². The van der Waals surface area contributed by atoms with Crippen LogP contribution in [0.3, 0.4) is 0 Å². The average Bonchev–Trinajstić information content (AvgIpc) is 2.82. The highest BCUT2D eigenvalue weighted by atomic mass is 16.5. The van der Waals surface area contributed by atoms with Crippen molar-refractivity contribution < 1.29 is 19.1 Å². The van der Waals surface area contributed by atoms with Crippen molar-refractivity contribution in [1.82, 2.24) is 10.2 Å². The van der Waals surface area contributed by atoms with Crippen molar-refractivity contribution in [3.05, 3.63) is 29.8 Å². The molecule has 1 spiro atoms. The Labute approximate surface area is 141 Å². The summed E-state index contributed by atoms with van der Waals surface area (Å²) in [6, 6.07) is 6.34. The summed E-state index contributed by atoms with van der Waals surface area (Å²) in [5.41, 5.74) is -0.464. The summed E-state index contributed by atoms with van der Waals surface area (Å²) in [6.45, 7) is 1.72. The third-order valence-electron chi connectivity index (χ3n) is 5.21. The van der Waals surface area contributed by atoms with Crippen LogP contribution in [0.1, 0.15) is 43.0 Å². The van der Waals surface area contributed by atoms with Gasteiger partial charge in [0, 0.05) is 0 Å². The maximum absolute atomic E-state index is 12.9. The van der Waals surface area contributed by atoms with Crippen molar-refractivity contribution in [3.63, 3.8) is 0 Å². The Morgan fingerprint density at radius 3 is 2.79 bits per heavy atom. The number of rotatable bonds is 4. The number of carbonyl (C=O) groups excluding carboxylic acids is 3. The highest BCUT2D eigenvalue weighted by Crippen LogP contribution is 2.38. The van der Waals surface area contributed by atoms with E-state index in [9.17, 15) is 14.4 Å². The fraction of sp³-hybridized carbons (Fsp3) is 0.500. The summed E-state index contributed by atoms with van der Waals surface area (Å²) >= 11 is 0. The predicted octanol–water partition coefficient (Wildman–Crippen LogP) is 2.38. The van der Waals surface area contributed by atoms with Gasteiger partial charge in [-0.2, -0.15) is 0 Å². The number of Topliss-reactive ketones (excluding diaryl/α,β-unsaturated/α-hetero) is 1. The van der Waals surface area contributed by atoms with Crippen LogP contribution < -0.4 is 10.1 Å². The fourth-order valence-corrected chi connectivity index (χ4v) is 3.74. The van der Waals surface area contributed by atoms with Crippen LogP contribution in [-0.4, -0.2) is 41.8 Å². The SMILES string of the molecule is COc1ccccc1C(=O)CN1C(=O)N[C@]2(CCCC[C@@H]2C)C1=O. The Kier molecular flexibility index (Phi) is 4.30. The molecule has 0 radical (unpaired) electrons. The first-order chi connectivity index (χ1) is 11.5. The number of imide groups is 1. The summed E-state index contributed by atoms with van der Waals surface area (Å²) < 4.78 is 5.19. The van der Waals surface area contributed by atoms with E-state index in [0.29, 0.717) is 17.7 Å².